The minimum Gasteiger partial charge on any atom is -0.756 e. The summed E-state index contributed by atoms with van der Waals surface area (Å²) in [6.07, 6.45) is 4.83. The molecule has 0 bridgehead atoms. The van der Waals surface area contributed by atoms with E-state index in [9.17, 15) is 14.3 Å². The van der Waals surface area contributed by atoms with Gasteiger partial charge in [0.1, 0.15) is 0 Å². The zero-order valence-electron chi connectivity index (χ0n) is 13.6. The second-order valence-corrected chi connectivity index (χ2v) is 7.11. The van der Waals surface area contributed by atoms with Crippen LogP contribution in [-0.2, 0) is 18.4 Å². The topological polar surface area (TPSA) is 87.7 Å². The molecule has 6 nitrogen and oxygen atoms in total. The smallest absolute Gasteiger partial charge is 0.268 e. The molecule has 1 atom stereocenters. The van der Waals surface area contributed by atoms with E-state index in [4.69, 9.17) is 9.05 Å². The van der Waals surface area contributed by atoms with E-state index in [1.165, 1.54) is 6.92 Å². The summed E-state index contributed by atoms with van der Waals surface area (Å²) >= 11 is 0. The van der Waals surface area contributed by atoms with Gasteiger partial charge in [-0.25, -0.2) is 0 Å². The van der Waals surface area contributed by atoms with Gasteiger partial charge in [0.15, 0.2) is 0 Å². The number of phosphoric ester groups is 1. The number of unbranched alkanes of at least 4 members (excludes halogenated alkanes) is 3. The molecule has 1 unspecified atom stereocenters. The second-order valence-electron chi connectivity index (χ2n) is 5.78. The Hall–Kier alpha value is -0.420. The highest BCUT2D eigenvalue weighted by molar-refractivity contribution is 7.45. The zero-order valence-corrected chi connectivity index (χ0v) is 14.5. The highest BCUT2D eigenvalue weighted by atomic mass is 31.2. The minimum atomic E-state index is -4.23. The molecule has 0 spiro atoms. The third kappa shape index (κ3) is 13.0. The van der Waals surface area contributed by atoms with Crippen LogP contribution < -0.4 is 10.2 Å². The Morgan fingerprint density at radius 3 is 2.43 bits per heavy atom. The van der Waals surface area contributed by atoms with Crippen LogP contribution in [0.4, 0.5) is 0 Å². The van der Waals surface area contributed by atoms with Crippen LogP contribution in [0.2, 0.25) is 0 Å². The maximum atomic E-state index is 11.7. The average Bonchev–Trinajstić information content (AvgIpc) is 2.30. The molecule has 0 aliphatic heterocycles. The Balaban J connectivity index is 3.71. The fourth-order valence-corrected chi connectivity index (χ4v) is 3.10. The molecule has 0 radical (unpaired) electrons. The van der Waals surface area contributed by atoms with E-state index in [-0.39, 0.29) is 12.5 Å². The standard InChI is InChI=1S/C14H30NO5P/c1-5-10-14(3,4)20-21(17,18)19-12-9-7-6-8-11-15-13(2)16/h5-12H2,1-4H3,(H,15,16)(H,17,18)/p-1. The number of rotatable bonds is 12. The molecule has 0 aromatic rings. The van der Waals surface area contributed by atoms with Crippen molar-refractivity contribution in [1.29, 1.82) is 0 Å². The first-order valence-corrected chi connectivity index (χ1v) is 9.05. The fourth-order valence-electron chi connectivity index (χ4n) is 2.00. The molecular weight excluding hydrogens is 293 g/mol. The van der Waals surface area contributed by atoms with Crippen LogP contribution in [0, 0.1) is 0 Å². The van der Waals surface area contributed by atoms with E-state index in [1.807, 2.05) is 6.92 Å². The predicted molar refractivity (Wildman–Crippen MR) is 80.8 cm³/mol. The molecule has 0 fully saturated rings. The van der Waals surface area contributed by atoms with Crippen molar-refractivity contribution < 1.29 is 23.3 Å². The van der Waals surface area contributed by atoms with Crippen molar-refractivity contribution in [2.24, 2.45) is 0 Å². The lowest BCUT2D eigenvalue weighted by Crippen LogP contribution is -2.26. The van der Waals surface area contributed by atoms with E-state index in [2.05, 4.69) is 5.32 Å². The number of nitrogens with one attached hydrogen (secondary N) is 1. The van der Waals surface area contributed by atoms with Gasteiger partial charge in [-0.05, 0) is 33.1 Å². The molecule has 1 amide bonds. The van der Waals surface area contributed by atoms with Gasteiger partial charge in [0.05, 0.1) is 12.2 Å². The van der Waals surface area contributed by atoms with Gasteiger partial charge in [0.2, 0.25) is 5.91 Å². The van der Waals surface area contributed by atoms with Crippen molar-refractivity contribution in [3.63, 3.8) is 0 Å². The Morgan fingerprint density at radius 1 is 1.24 bits per heavy atom. The van der Waals surface area contributed by atoms with Crippen LogP contribution in [0.3, 0.4) is 0 Å². The van der Waals surface area contributed by atoms with Crippen LogP contribution in [0.1, 0.15) is 66.2 Å². The van der Waals surface area contributed by atoms with Gasteiger partial charge in [-0.2, -0.15) is 0 Å². The summed E-state index contributed by atoms with van der Waals surface area (Å²) in [4.78, 5) is 22.3. The first-order valence-electron chi connectivity index (χ1n) is 7.59. The molecule has 1 N–H and O–H groups in total. The predicted octanol–water partition coefficient (Wildman–Crippen LogP) is 2.76. The summed E-state index contributed by atoms with van der Waals surface area (Å²) in [5.74, 6) is -0.0301. The second kappa shape index (κ2) is 10.3. The van der Waals surface area contributed by atoms with Crippen molar-refractivity contribution in [2.75, 3.05) is 13.2 Å². The molecule has 0 aromatic heterocycles. The summed E-state index contributed by atoms with van der Waals surface area (Å²) in [6, 6.07) is 0. The highest BCUT2D eigenvalue weighted by Crippen LogP contribution is 2.44. The lowest BCUT2D eigenvalue weighted by molar-refractivity contribution is -0.235. The van der Waals surface area contributed by atoms with Gasteiger partial charge in [0, 0.05) is 13.5 Å². The molecular formula is C14H29NO5P-. The van der Waals surface area contributed by atoms with Crippen LogP contribution in [0.5, 0.6) is 0 Å². The quantitative estimate of drug-likeness (QED) is 0.441. The Morgan fingerprint density at radius 2 is 1.86 bits per heavy atom. The van der Waals surface area contributed by atoms with Crippen molar-refractivity contribution in [3.05, 3.63) is 0 Å². The highest BCUT2D eigenvalue weighted by Gasteiger charge is 2.24. The SMILES string of the molecule is CCCC(C)(C)OP(=O)([O-])OCCCCCCNC(C)=O. The van der Waals surface area contributed by atoms with E-state index in [1.54, 1.807) is 13.8 Å². The van der Waals surface area contributed by atoms with Gasteiger partial charge in [-0.3, -0.25) is 9.36 Å². The van der Waals surface area contributed by atoms with Gasteiger partial charge >= 0.3 is 0 Å². The first-order chi connectivity index (χ1) is 9.68. The molecule has 0 aliphatic carbocycles. The molecule has 0 aliphatic rings. The number of hydrogen-bond donors (Lipinski definition) is 1. The number of amides is 1. The van der Waals surface area contributed by atoms with E-state index < -0.39 is 13.4 Å². The molecule has 0 rings (SSSR count). The maximum Gasteiger partial charge on any atom is 0.268 e. The lowest BCUT2D eigenvalue weighted by atomic mass is 10.0. The Labute approximate surface area is 128 Å². The summed E-state index contributed by atoms with van der Waals surface area (Å²) in [5, 5.41) is 2.71. The van der Waals surface area contributed by atoms with E-state index >= 15 is 0 Å². The number of carbonyl (C=O) groups excluding carboxylic acids is 1. The molecule has 7 heteroatoms. The summed E-state index contributed by atoms with van der Waals surface area (Å²) in [7, 11) is -4.23. The molecule has 126 valence electrons. The van der Waals surface area contributed by atoms with Crippen LogP contribution in [-0.4, -0.2) is 24.7 Å². The monoisotopic (exact) mass is 322 g/mol. The van der Waals surface area contributed by atoms with Crippen molar-refractivity contribution in [1.82, 2.24) is 5.32 Å². The fraction of sp³-hybridized carbons (Fsp3) is 0.929. The zero-order chi connectivity index (χ0) is 16.4. The van der Waals surface area contributed by atoms with Crippen molar-refractivity contribution >= 4 is 13.7 Å². The average molecular weight is 322 g/mol. The van der Waals surface area contributed by atoms with Gasteiger partial charge in [-0.15, -0.1) is 0 Å². The van der Waals surface area contributed by atoms with Crippen molar-refractivity contribution in [3.8, 4) is 0 Å². The van der Waals surface area contributed by atoms with E-state index in [0.29, 0.717) is 19.4 Å². The number of phosphoric acid groups is 1. The molecule has 0 heterocycles. The largest absolute Gasteiger partial charge is 0.756 e. The minimum absolute atomic E-state index is 0.0301. The summed E-state index contributed by atoms with van der Waals surface area (Å²) in [6.45, 7) is 7.74. The Bertz CT molecular complexity index is 346. The first kappa shape index (κ1) is 20.6. The van der Waals surface area contributed by atoms with Gasteiger partial charge in [0.25, 0.3) is 7.82 Å². The lowest BCUT2D eigenvalue weighted by Gasteiger charge is -2.33. The molecule has 21 heavy (non-hydrogen) atoms. The number of hydrogen-bond acceptors (Lipinski definition) is 5. The Kier molecular flexibility index (Phi) is 10.1. The summed E-state index contributed by atoms with van der Waals surface area (Å²) in [5.41, 5.74) is -0.718. The maximum absolute atomic E-state index is 11.7. The van der Waals surface area contributed by atoms with Gasteiger partial charge in [-0.1, -0.05) is 26.2 Å². The molecule has 0 saturated heterocycles. The summed E-state index contributed by atoms with van der Waals surface area (Å²) < 4.78 is 21.6. The third-order valence-corrected chi connectivity index (χ3v) is 4.12. The van der Waals surface area contributed by atoms with Crippen molar-refractivity contribution in [2.45, 2.75) is 71.8 Å². The van der Waals surface area contributed by atoms with Crippen LogP contribution in [0.25, 0.3) is 0 Å². The normalized spacial score (nSPS) is 14.7. The van der Waals surface area contributed by atoms with E-state index in [0.717, 1.165) is 25.7 Å². The molecule has 0 saturated carbocycles. The molecule has 0 aromatic carbocycles. The van der Waals surface area contributed by atoms with Crippen LogP contribution in [0.15, 0.2) is 0 Å². The third-order valence-electron chi connectivity index (χ3n) is 2.91. The number of carbonyl (C=O) groups is 1. The van der Waals surface area contributed by atoms with Crippen LogP contribution >= 0.6 is 7.82 Å². The van der Waals surface area contributed by atoms with Gasteiger partial charge < -0.3 is 19.3 Å².